The van der Waals surface area contributed by atoms with Gasteiger partial charge in [0.25, 0.3) is 5.56 Å². The summed E-state index contributed by atoms with van der Waals surface area (Å²) >= 11 is 21.4. The first-order valence-electron chi connectivity index (χ1n) is 12.9. The standard InChI is InChI=1S/C30H25Cl3N2O4S2/c1-3-6-22-26(29(37)38-4-2)27(24-7-5-12-40-24)35-28(36)25(41-30(35)34-22)14-18-13-19(31)10-11-23(18)39-16-17-8-9-20(32)15-21(17)33/h5,7-15,27H,3-4,6,16H2,1-2H3/b25-14-/t27-/m1/s1. The van der Waals surface area contributed by atoms with E-state index in [1.165, 1.54) is 22.7 Å². The Morgan fingerprint density at radius 2 is 1.88 bits per heavy atom. The van der Waals surface area contributed by atoms with Crippen LogP contribution in [0, 0.1) is 0 Å². The molecule has 0 radical (unpaired) electrons. The summed E-state index contributed by atoms with van der Waals surface area (Å²) < 4.78 is 13.6. The molecule has 0 spiro atoms. The van der Waals surface area contributed by atoms with E-state index in [1.54, 1.807) is 54.0 Å². The predicted octanol–water partition coefficient (Wildman–Crippen LogP) is 7.18. The normalized spacial score (nSPS) is 15.0. The number of fused-ring (bicyclic) bond motifs is 1. The van der Waals surface area contributed by atoms with E-state index in [9.17, 15) is 9.59 Å². The lowest BCUT2D eigenvalue weighted by molar-refractivity contribution is -0.139. The molecular formula is C30H25Cl3N2O4S2. The number of allylic oxidation sites excluding steroid dienone is 1. The van der Waals surface area contributed by atoms with Gasteiger partial charge in [0.2, 0.25) is 0 Å². The van der Waals surface area contributed by atoms with Gasteiger partial charge >= 0.3 is 5.97 Å². The van der Waals surface area contributed by atoms with Crippen molar-refractivity contribution >= 4 is 69.5 Å². The van der Waals surface area contributed by atoms with Crippen LogP contribution in [0.25, 0.3) is 6.08 Å². The Morgan fingerprint density at radius 1 is 1.10 bits per heavy atom. The Labute approximate surface area is 259 Å². The van der Waals surface area contributed by atoms with E-state index >= 15 is 0 Å². The van der Waals surface area contributed by atoms with Crippen molar-refractivity contribution in [2.45, 2.75) is 39.3 Å². The second-order valence-electron chi connectivity index (χ2n) is 9.14. The van der Waals surface area contributed by atoms with Crippen LogP contribution in [0.2, 0.25) is 15.1 Å². The first-order valence-corrected chi connectivity index (χ1v) is 15.7. The average Bonchev–Trinajstić information content (AvgIpc) is 3.57. The third kappa shape index (κ3) is 6.32. The zero-order chi connectivity index (χ0) is 29.1. The second kappa shape index (κ2) is 13.0. The molecule has 0 fully saturated rings. The third-order valence-electron chi connectivity index (χ3n) is 6.36. The maximum Gasteiger partial charge on any atom is 0.338 e. The molecule has 2 aromatic heterocycles. The summed E-state index contributed by atoms with van der Waals surface area (Å²) in [5.74, 6) is 0.0683. The Balaban J connectivity index is 1.62. The highest BCUT2D eigenvalue weighted by Gasteiger charge is 2.34. The number of thiazole rings is 1. The summed E-state index contributed by atoms with van der Waals surface area (Å²) in [6.07, 6.45) is 3.11. The van der Waals surface area contributed by atoms with E-state index in [0.717, 1.165) is 16.9 Å². The van der Waals surface area contributed by atoms with Crippen LogP contribution in [0.4, 0.5) is 0 Å². The van der Waals surface area contributed by atoms with Gasteiger partial charge in [0, 0.05) is 31.1 Å². The number of carbonyl (C=O) groups excluding carboxylic acids is 1. The summed E-state index contributed by atoms with van der Waals surface area (Å²) in [6.45, 7) is 4.21. The molecule has 0 bridgehead atoms. The Bertz CT molecular complexity index is 1810. The van der Waals surface area contributed by atoms with E-state index in [4.69, 9.17) is 49.3 Å². The third-order valence-corrected chi connectivity index (χ3v) is 9.09. The first-order chi connectivity index (χ1) is 19.8. The molecule has 1 aliphatic rings. The minimum Gasteiger partial charge on any atom is -0.488 e. The number of ether oxygens (including phenoxy) is 2. The number of benzene rings is 2. The van der Waals surface area contributed by atoms with Crippen LogP contribution in [-0.4, -0.2) is 17.1 Å². The summed E-state index contributed by atoms with van der Waals surface area (Å²) in [5, 5.41) is 3.45. The minimum absolute atomic E-state index is 0.196. The van der Waals surface area contributed by atoms with Gasteiger partial charge in [-0.25, -0.2) is 9.79 Å². The molecule has 6 nitrogen and oxygen atoms in total. The molecule has 0 saturated carbocycles. The molecule has 0 amide bonds. The van der Waals surface area contributed by atoms with Gasteiger partial charge in [0.05, 0.1) is 22.4 Å². The number of esters is 1. The van der Waals surface area contributed by atoms with Crippen LogP contribution in [0.15, 0.2) is 75.0 Å². The fourth-order valence-corrected chi connectivity index (χ4v) is 7.01. The van der Waals surface area contributed by atoms with Gasteiger partial charge < -0.3 is 9.47 Å². The van der Waals surface area contributed by atoms with E-state index in [-0.39, 0.29) is 18.8 Å². The first kappa shape index (κ1) is 29.6. The SMILES string of the molecule is CCCC1=C(C(=O)OCC)[C@@H](c2cccs2)n2c(s/c(=C\c3cc(Cl)ccc3OCc3ccc(Cl)cc3Cl)c2=O)=N1. The summed E-state index contributed by atoms with van der Waals surface area (Å²) in [6, 6.07) is 13.6. The number of hydrogen-bond donors (Lipinski definition) is 0. The average molecular weight is 648 g/mol. The molecule has 212 valence electrons. The van der Waals surface area contributed by atoms with Gasteiger partial charge in [-0.05, 0) is 61.2 Å². The van der Waals surface area contributed by atoms with Crippen LogP contribution < -0.4 is 19.6 Å². The van der Waals surface area contributed by atoms with E-state index in [0.29, 0.717) is 53.4 Å². The fraction of sp³-hybridized carbons (Fsp3) is 0.233. The number of nitrogens with zero attached hydrogens (tertiary/aromatic N) is 2. The van der Waals surface area contributed by atoms with Crippen molar-refractivity contribution in [3.8, 4) is 5.75 Å². The summed E-state index contributed by atoms with van der Waals surface area (Å²) in [5.41, 5.74) is 2.17. The quantitative estimate of drug-likeness (QED) is 0.181. The molecule has 41 heavy (non-hydrogen) atoms. The number of aromatic nitrogens is 1. The molecule has 0 saturated heterocycles. The van der Waals surface area contributed by atoms with Crippen molar-refractivity contribution in [1.82, 2.24) is 4.57 Å². The Kier molecular flexibility index (Phi) is 9.36. The molecule has 11 heteroatoms. The predicted molar refractivity (Wildman–Crippen MR) is 166 cm³/mol. The maximum atomic E-state index is 14.0. The number of thiophene rings is 1. The van der Waals surface area contributed by atoms with Gasteiger partial charge in [-0.15, -0.1) is 11.3 Å². The van der Waals surface area contributed by atoms with Crippen LogP contribution in [0.1, 0.15) is 48.7 Å². The van der Waals surface area contributed by atoms with Gasteiger partial charge in [0.1, 0.15) is 18.4 Å². The monoisotopic (exact) mass is 646 g/mol. The highest BCUT2D eigenvalue weighted by atomic mass is 35.5. The highest BCUT2D eigenvalue weighted by molar-refractivity contribution is 7.10. The van der Waals surface area contributed by atoms with Crippen molar-refractivity contribution in [1.29, 1.82) is 0 Å². The number of rotatable bonds is 9. The molecule has 0 aliphatic carbocycles. The number of carbonyl (C=O) groups is 1. The Morgan fingerprint density at radius 3 is 2.59 bits per heavy atom. The fourth-order valence-electron chi connectivity index (χ4n) is 4.54. The lowest BCUT2D eigenvalue weighted by atomic mass is 9.99. The molecule has 4 aromatic rings. The molecule has 3 heterocycles. The van der Waals surface area contributed by atoms with Gasteiger partial charge in [0.15, 0.2) is 4.80 Å². The maximum absolute atomic E-state index is 14.0. The van der Waals surface area contributed by atoms with Crippen molar-refractivity contribution in [3.63, 3.8) is 0 Å². The summed E-state index contributed by atoms with van der Waals surface area (Å²) in [4.78, 5) is 33.4. The largest absolute Gasteiger partial charge is 0.488 e. The Hall–Kier alpha value is -2.88. The minimum atomic E-state index is -0.629. The van der Waals surface area contributed by atoms with Crippen molar-refractivity contribution in [3.05, 3.63) is 116 Å². The molecular weight excluding hydrogens is 623 g/mol. The molecule has 1 atom stereocenters. The molecule has 0 unspecified atom stereocenters. The van der Waals surface area contributed by atoms with E-state index < -0.39 is 12.0 Å². The van der Waals surface area contributed by atoms with Crippen LogP contribution in [-0.2, 0) is 16.1 Å². The zero-order valence-electron chi connectivity index (χ0n) is 22.2. The lowest BCUT2D eigenvalue weighted by Crippen LogP contribution is -2.39. The number of halogens is 3. The van der Waals surface area contributed by atoms with Crippen LogP contribution >= 0.6 is 57.5 Å². The van der Waals surface area contributed by atoms with Crippen molar-refractivity contribution in [2.24, 2.45) is 4.99 Å². The van der Waals surface area contributed by atoms with Gasteiger partial charge in [-0.2, -0.15) is 0 Å². The van der Waals surface area contributed by atoms with E-state index in [1.807, 2.05) is 24.4 Å². The van der Waals surface area contributed by atoms with Gasteiger partial charge in [-0.1, -0.05) is 71.6 Å². The zero-order valence-corrected chi connectivity index (χ0v) is 26.1. The molecule has 2 aromatic carbocycles. The topological polar surface area (TPSA) is 69.9 Å². The van der Waals surface area contributed by atoms with E-state index in [2.05, 4.69) is 0 Å². The second-order valence-corrected chi connectivity index (χ2v) is 12.4. The van der Waals surface area contributed by atoms with Crippen molar-refractivity contribution in [2.75, 3.05) is 6.61 Å². The van der Waals surface area contributed by atoms with Crippen molar-refractivity contribution < 1.29 is 14.3 Å². The lowest BCUT2D eigenvalue weighted by Gasteiger charge is -2.24. The molecule has 0 N–H and O–H groups in total. The molecule has 1 aliphatic heterocycles. The van der Waals surface area contributed by atoms with Crippen LogP contribution in [0.5, 0.6) is 5.75 Å². The smallest absolute Gasteiger partial charge is 0.338 e. The van der Waals surface area contributed by atoms with Crippen LogP contribution in [0.3, 0.4) is 0 Å². The van der Waals surface area contributed by atoms with Gasteiger partial charge in [-0.3, -0.25) is 9.36 Å². The highest BCUT2D eigenvalue weighted by Crippen LogP contribution is 2.35. The summed E-state index contributed by atoms with van der Waals surface area (Å²) in [7, 11) is 0. The molecule has 5 rings (SSSR count). The number of hydrogen-bond acceptors (Lipinski definition) is 7.